The molecule has 2 aromatic rings. The van der Waals surface area contributed by atoms with E-state index in [2.05, 4.69) is 5.32 Å². The van der Waals surface area contributed by atoms with Crippen molar-refractivity contribution in [2.24, 2.45) is 5.73 Å². The van der Waals surface area contributed by atoms with Crippen LogP contribution in [0.2, 0.25) is 10.0 Å². The molecule has 1 heterocycles. The topological polar surface area (TPSA) is 68.3 Å². The van der Waals surface area contributed by atoms with Crippen LogP contribution in [0.25, 0.3) is 0 Å². The van der Waals surface area contributed by atoms with E-state index in [1.807, 2.05) is 0 Å². The lowest BCUT2D eigenvalue weighted by Crippen LogP contribution is -2.11. The molecule has 6 heteroatoms. The van der Waals surface area contributed by atoms with Gasteiger partial charge in [-0.3, -0.25) is 4.79 Å². The smallest absolute Gasteiger partial charge is 0.291 e. The van der Waals surface area contributed by atoms with E-state index in [9.17, 15) is 4.79 Å². The van der Waals surface area contributed by atoms with Crippen LogP contribution in [-0.4, -0.2) is 5.91 Å². The number of hydrogen-bond acceptors (Lipinski definition) is 3. The number of halogens is 2. The molecule has 1 amide bonds. The molecule has 0 unspecified atom stereocenters. The standard InChI is InChI=1S/C12H10Cl2N2O2/c13-7-1-3-10(9(14)5-7)16-12(17)11-4-2-8(6-15)18-11/h1-5H,6,15H2,(H,16,17). The molecule has 0 saturated carbocycles. The Morgan fingerprint density at radius 1 is 1.28 bits per heavy atom. The van der Waals surface area contributed by atoms with Gasteiger partial charge in [0.05, 0.1) is 17.3 Å². The summed E-state index contributed by atoms with van der Waals surface area (Å²) in [7, 11) is 0. The number of carbonyl (C=O) groups excluding carboxylic acids is 1. The number of nitrogens with one attached hydrogen (secondary N) is 1. The molecule has 0 spiro atoms. The lowest BCUT2D eigenvalue weighted by Gasteiger charge is -2.05. The van der Waals surface area contributed by atoms with Gasteiger partial charge in [-0.05, 0) is 30.3 Å². The minimum Gasteiger partial charge on any atom is -0.455 e. The zero-order valence-electron chi connectivity index (χ0n) is 9.24. The van der Waals surface area contributed by atoms with Gasteiger partial charge in [0, 0.05) is 5.02 Å². The molecule has 4 nitrogen and oxygen atoms in total. The summed E-state index contributed by atoms with van der Waals surface area (Å²) < 4.78 is 5.22. The molecule has 0 aliphatic heterocycles. The van der Waals surface area contributed by atoms with Crippen molar-refractivity contribution in [1.82, 2.24) is 0 Å². The third kappa shape index (κ3) is 2.85. The van der Waals surface area contributed by atoms with E-state index in [1.165, 1.54) is 0 Å². The molecule has 0 aliphatic rings. The molecule has 0 atom stereocenters. The Bertz CT molecular complexity index is 581. The predicted octanol–water partition coefficient (Wildman–Crippen LogP) is 3.30. The second-order valence-electron chi connectivity index (χ2n) is 3.55. The molecule has 94 valence electrons. The van der Waals surface area contributed by atoms with Gasteiger partial charge in [-0.15, -0.1) is 0 Å². The number of furan rings is 1. The number of hydrogen-bond donors (Lipinski definition) is 2. The molecule has 0 aliphatic carbocycles. The quantitative estimate of drug-likeness (QED) is 0.909. The summed E-state index contributed by atoms with van der Waals surface area (Å²) in [6.07, 6.45) is 0. The number of amides is 1. The van der Waals surface area contributed by atoms with E-state index < -0.39 is 0 Å². The second-order valence-corrected chi connectivity index (χ2v) is 4.39. The normalized spacial score (nSPS) is 10.4. The third-order valence-corrected chi connectivity index (χ3v) is 2.81. The minimum atomic E-state index is -0.390. The van der Waals surface area contributed by atoms with Crippen molar-refractivity contribution in [3.8, 4) is 0 Å². The van der Waals surface area contributed by atoms with Crippen molar-refractivity contribution in [3.05, 3.63) is 51.9 Å². The molecule has 1 aromatic carbocycles. The maximum atomic E-state index is 11.8. The molecule has 18 heavy (non-hydrogen) atoms. The van der Waals surface area contributed by atoms with Crippen LogP contribution in [0.3, 0.4) is 0 Å². The summed E-state index contributed by atoms with van der Waals surface area (Å²) in [4.78, 5) is 11.8. The SMILES string of the molecule is NCc1ccc(C(=O)Nc2ccc(Cl)cc2Cl)o1. The molecule has 3 N–H and O–H groups in total. The average Bonchev–Trinajstić information content (AvgIpc) is 2.81. The monoisotopic (exact) mass is 284 g/mol. The van der Waals surface area contributed by atoms with Gasteiger partial charge in [0.2, 0.25) is 0 Å². The van der Waals surface area contributed by atoms with E-state index in [0.29, 0.717) is 21.5 Å². The summed E-state index contributed by atoms with van der Waals surface area (Å²) in [5.41, 5.74) is 5.86. The molecule has 0 radical (unpaired) electrons. The van der Waals surface area contributed by atoms with E-state index >= 15 is 0 Å². The zero-order valence-corrected chi connectivity index (χ0v) is 10.8. The van der Waals surface area contributed by atoms with E-state index in [4.69, 9.17) is 33.4 Å². The van der Waals surface area contributed by atoms with Gasteiger partial charge in [0.1, 0.15) is 5.76 Å². The first-order valence-electron chi connectivity index (χ1n) is 5.15. The Kier molecular flexibility index (Phi) is 3.91. The fourth-order valence-corrected chi connectivity index (χ4v) is 1.84. The lowest BCUT2D eigenvalue weighted by molar-refractivity contribution is 0.0995. The van der Waals surface area contributed by atoms with Crippen LogP contribution in [0.1, 0.15) is 16.3 Å². The van der Waals surface area contributed by atoms with E-state index in [0.717, 1.165) is 0 Å². The highest BCUT2D eigenvalue weighted by molar-refractivity contribution is 6.36. The highest BCUT2D eigenvalue weighted by atomic mass is 35.5. The second kappa shape index (κ2) is 5.44. The maximum Gasteiger partial charge on any atom is 0.291 e. The van der Waals surface area contributed by atoms with Crippen molar-refractivity contribution < 1.29 is 9.21 Å². The van der Waals surface area contributed by atoms with Gasteiger partial charge in [0.15, 0.2) is 5.76 Å². The van der Waals surface area contributed by atoms with Gasteiger partial charge in [-0.1, -0.05) is 23.2 Å². The fraction of sp³-hybridized carbons (Fsp3) is 0.0833. The molecular weight excluding hydrogens is 275 g/mol. The van der Waals surface area contributed by atoms with E-state index in [1.54, 1.807) is 30.3 Å². The summed E-state index contributed by atoms with van der Waals surface area (Å²) in [5, 5.41) is 3.49. The Labute approximate surface area is 114 Å². The number of benzene rings is 1. The zero-order chi connectivity index (χ0) is 13.1. The van der Waals surface area contributed by atoms with Crippen molar-refractivity contribution in [3.63, 3.8) is 0 Å². The number of carbonyl (C=O) groups is 1. The van der Waals surface area contributed by atoms with Gasteiger partial charge in [-0.2, -0.15) is 0 Å². The number of nitrogens with two attached hydrogens (primary N) is 1. The van der Waals surface area contributed by atoms with E-state index in [-0.39, 0.29) is 18.2 Å². The molecule has 1 aromatic heterocycles. The lowest BCUT2D eigenvalue weighted by atomic mass is 10.3. The number of anilines is 1. The van der Waals surface area contributed by atoms with Crippen molar-refractivity contribution in [1.29, 1.82) is 0 Å². The summed E-state index contributed by atoms with van der Waals surface area (Å²) in [6.45, 7) is 0.245. The van der Waals surface area contributed by atoms with Crippen LogP contribution in [0, 0.1) is 0 Å². The first-order chi connectivity index (χ1) is 8.60. The maximum absolute atomic E-state index is 11.8. The average molecular weight is 285 g/mol. The molecule has 0 fully saturated rings. The van der Waals surface area contributed by atoms with Gasteiger partial charge in [-0.25, -0.2) is 0 Å². The van der Waals surface area contributed by atoms with Gasteiger partial charge >= 0.3 is 0 Å². The largest absolute Gasteiger partial charge is 0.455 e. The Morgan fingerprint density at radius 3 is 2.67 bits per heavy atom. The first kappa shape index (κ1) is 13.0. The molecule has 0 saturated heterocycles. The highest BCUT2D eigenvalue weighted by Crippen LogP contribution is 2.25. The number of rotatable bonds is 3. The first-order valence-corrected chi connectivity index (χ1v) is 5.91. The van der Waals surface area contributed by atoms with Crippen LogP contribution in [0.15, 0.2) is 34.7 Å². The van der Waals surface area contributed by atoms with Crippen LogP contribution in [-0.2, 0) is 6.54 Å². The predicted molar refractivity (Wildman–Crippen MR) is 71.0 cm³/mol. The van der Waals surface area contributed by atoms with Crippen molar-refractivity contribution in [2.75, 3.05) is 5.32 Å². The molecular formula is C12H10Cl2N2O2. The summed E-state index contributed by atoms with van der Waals surface area (Å²) >= 11 is 11.7. The molecule has 0 bridgehead atoms. The van der Waals surface area contributed by atoms with Crippen LogP contribution in [0.5, 0.6) is 0 Å². The summed E-state index contributed by atoms with van der Waals surface area (Å²) in [5.74, 6) is 0.336. The van der Waals surface area contributed by atoms with Crippen molar-refractivity contribution in [2.45, 2.75) is 6.54 Å². The highest BCUT2D eigenvalue weighted by Gasteiger charge is 2.12. The Hall–Kier alpha value is -1.49. The third-order valence-electron chi connectivity index (χ3n) is 2.27. The summed E-state index contributed by atoms with van der Waals surface area (Å²) in [6, 6.07) is 8.01. The van der Waals surface area contributed by atoms with Crippen molar-refractivity contribution >= 4 is 34.8 Å². The van der Waals surface area contributed by atoms with Gasteiger partial charge < -0.3 is 15.5 Å². The molecule has 2 rings (SSSR count). The van der Waals surface area contributed by atoms with Crippen LogP contribution < -0.4 is 11.1 Å². The van der Waals surface area contributed by atoms with Gasteiger partial charge in [0.25, 0.3) is 5.91 Å². The Morgan fingerprint density at radius 2 is 2.06 bits per heavy atom. The fourth-order valence-electron chi connectivity index (χ4n) is 1.38. The Balaban J connectivity index is 2.16. The van der Waals surface area contributed by atoms with Crippen LogP contribution in [0.4, 0.5) is 5.69 Å². The van der Waals surface area contributed by atoms with Crippen LogP contribution >= 0.6 is 23.2 Å². The minimum absolute atomic E-state index is 0.182.